The maximum Gasteiger partial charge on any atom is 0.00716 e. The van der Waals surface area contributed by atoms with E-state index in [1.54, 1.807) is 0 Å². The first-order valence-electron chi connectivity index (χ1n) is 7.26. The summed E-state index contributed by atoms with van der Waals surface area (Å²) < 4.78 is 0. The molecule has 0 unspecified atom stereocenters. The van der Waals surface area contributed by atoms with Gasteiger partial charge >= 0.3 is 0 Å². The van der Waals surface area contributed by atoms with Crippen molar-refractivity contribution in [3.05, 3.63) is 0 Å². The van der Waals surface area contributed by atoms with Crippen LogP contribution in [0.2, 0.25) is 0 Å². The van der Waals surface area contributed by atoms with Crippen molar-refractivity contribution in [1.82, 2.24) is 10.6 Å². The molecule has 0 aromatic carbocycles. The third kappa shape index (κ3) is 4.15. The first-order chi connectivity index (χ1) is 8.23. The molecular formula is C14H28N2S. The van der Waals surface area contributed by atoms with Crippen molar-refractivity contribution in [2.45, 2.75) is 44.8 Å². The smallest absolute Gasteiger partial charge is 0.00716 e. The monoisotopic (exact) mass is 256 g/mol. The molecule has 3 heteroatoms. The Morgan fingerprint density at radius 3 is 2.59 bits per heavy atom. The van der Waals surface area contributed by atoms with Gasteiger partial charge in [-0.2, -0.15) is 11.8 Å². The number of thioether (sulfide) groups is 1. The minimum absolute atomic E-state index is 0.666. The fraction of sp³-hybridized carbons (Fsp3) is 1.00. The molecule has 2 nitrogen and oxygen atoms in total. The predicted octanol–water partition coefficient (Wildman–Crippen LogP) is 2.50. The molecule has 2 aliphatic rings. The molecule has 100 valence electrons. The Bertz CT molecular complexity index is 220. The van der Waals surface area contributed by atoms with Gasteiger partial charge in [0, 0.05) is 24.1 Å². The first kappa shape index (κ1) is 13.7. The van der Waals surface area contributed by atoms with E-state index in [2.05, 4.69) is 36.2 Å². The van der Waals surface area contributed by atoms with E-state index in [-0.39, 0.29) is 0 Å². The highest BCUT2D eigenvalue weighted by atomic mass is 32.2. The molecule has 0 spiro atoms. The lowest BCUT2D eigenvalue weighted by Gasteiger charge is -2.23. The van der Waals surface area contributed by atoms with E-state index in [4.69, 9.17) is 0 Å². The summed E-state index contributed by atoms with van der Waals surface area (Å²) in [6, 6.07) is 0. The van der Waals surface area contributed by atoms with Crippen LogP contribution in [-0.2, 0) is 0 Å². The van der Waals surface area contributed by atoms with Crippen LogP contribution in [0.3, 0.4) is 0 Å². The van der Waals surface area contributed by atoms with Gasteiger partial charge in [-0.25, -0.2) is 0 Å². The van der Waals surface area contributed by atoms with Crippen molar-refractivity contribution in [2.24, 2.45) is 11.3 Å². The fourth-order valence-corrected chi connectivity index (χ4v) is 3.88. The molecule has 1 saturated carbocycles. The fourth-order valence-electron chi connectivity index (χ4n) is 2.72. The second-order valence-corrected chi connectivity index (χ2v) is 7.42. The average Bonchev–Trinajstić information content (AvgIpc) is 3.11. The summed E-state index contributed by atoms with van der Waals surface area (Å²) in [7, 11) is 0. The second-order valence-electron chi connectivity index (χ2n) is 6.01. The summed E-state index contributed by atoms with van der Waals surface area (Å²) in [6.07, 6.45) is 5.61. The zero-order chi connectivity index (χ0) is 12.1. The minimum Gasteiger partial charge on any atom is -0.317 e. The van der Waals surface area contributed by atoms with Crippen LogP contribution in [0.1, 0.15) is 39.5 Å². The van der Waals surface area contributed by atoms with E-state index in [9.17, 15) is 0 Å². The van der Waals surface area contributed by atoms with Gasteiger partial charge in [0.2, 0.25) is 0 Å². The largest absolute Gasteiger partial charge is 0.317 e. The van der Waals surface area contributed by atoms with Crippen molar-refractivity contribution in [2.75, 3.05) is 31.9 Å². The van der Waals surface area contributed by atoms with Crippen LogP contribution in [0, 0.1) is 11.3 Å². The Morgan fingerprint density at radius 1 is 1.29 bits per heavy atom. The standard InChI is InChI=1S/C14H28N2S/c1-12(2)14(5-6-14)11-16-9-10-17-13-3-7-15-8-4-13/h12-13,15-16H,3-11H2,1-2H3. The number of hydrogen-bond acceptors (Lipinski definition) is 3. The van der Waals surface area contributed by atoms with Gasteiger partial charge in [-0.3, -0.25) is 0 Å². The van der Waals surface area contributed by atoms with Crippen LogP contribution in [0.4, 0.5) is 0 Å². The summed E-state index contributed by atoms with van der Waals surface area (Å²) in [4.78, 5) is 0. The quantitative estimate of drug-likeness (QED) is 0.684. The lowest BCUT2D eigenvalue weighted by atomic mass is 9.92. The van der Waals surface area contributed by atoms with Gasteiger partial charge < -0.3 is 10.6 Å². The van der Waals surface area contributed by atoms with E-state index in [1.807, 2.05) is 0 Å². The van der Waals surface area contributed by atoms with Gasteiger partial charge in [-0.05, 0) is 50.1 Å². The maximum atomic E-state index is 3.67. The van der Waals surface area contributed by atoms with Gasteiger partial charge in [0.1, 0.15) is 0 Å². The van der Waals surface area contributed by atoms with Crippen LogP contribution in [0.15, 0.2) is 0 Å². The molecule has 0 amide bonds. The molecule has 2 rings (SSSR count). The van der Waals surface area contributed by atoms with E-state index < -0.39 is 0 Å². The highest BCUT2D eigenvalue weighted by molar-refractivity contribution is 7.99. The lowest BCUT2D eigenvalue weighted by molar-refractivity contribution is 0.342. The predicted molar refractivity (Wildman–Crippen MR) is 77.7 cm³/mol. The third-order valence-electron chi connectivity index (χ3n) is 4.51. The van der Waals surface area contributed by atoms with Gasteiger partial charge in [0.15, 0.2) is 0 Å². The van der Waals surface area contributed by atoms with Crippen molar-refractivity contribution >= 4 is 11.8 Å². The minimum atomic E-state index is 0.666. The molecular weight excluding hydrogens is 228 g/mol. The Kier molecular flexibility index (Phi) is 5.19. The lowest BCUT2D eigenvalue weighted by Crippen LogP contribution is -2.31. The average molecular weight is 256 g/mol. The van der Waals surface area contributed by atoms with Gasteiger partial charge in [0.25, 0.3) is 0 Å². The molecule has 1 heterocycles. The Morgan fingerprint density at radius 2 is 2.00 bits per heavy atom. The molecule has 2 fully saturated rings. The SMILES string of the molecule is CC(C)C1(CNCCSC2CCNCC2)CC1. The van der Waals surface area contributed by atoms with E-state index >= 15 is 0 Å². The van der Waals surface area contributed by atoms with Crippen LogP contribution in [0.25, 0.3) is 0 Å². The van der Waals surface area contributed by atoms with Crippen LogP contribution in [-0.4, -0.2) is 37.2 Å². The number of rotatable bonds is 7. The first-order valence-corrected chi connectivity index (χ1v) is 8.31. The molecule has 0 aromatic heterocycles. The van der Waals surface area contributed by atoms with Crippen LogP contribution < -0.4 is 10.6 Å². The summed E-state index contributed by atoms with van der Waals surface area (Å²) in [5, 5.41) is 8.02. The molecule has 0 aromatic rings. The van der Waals surface area contributed by atoms with Crippen LogP contribution in [0.5, 0.6) is 0 Å². The number of hydrogen-bond donors (Lipinski definition) is 2. The molecule has 1 saturated heterocycles. The Hall–Kier alpha value is 0.270. The van der Waals surface area contributed by atoms with Crippen LogP contribution >= 0.6 is 11.8 Å². The molecule has 0 atom stereocenters. The van der Waals surface area contributed by atoms with Gasteiger partial charge in [0.05, 0.1) is 0 Å². The molecule has 2 N–H and O–H groups in total. The zero-order valence-corrected chi connectivity index (χ0v) is 12.2. The summed E-state index contributed by atoms with van der Waals surface area (Å²) >= 11 is 2.17. The van der Waals surface area contributed by atoms with Gasteiger partial charge in [-0.15, -0.1) is 0 Å². The summed E-state index contributed by atoms with van der Waals surface area (Å²) in [5.41, 5.74) is 0.666. The van der Waals surface area contributed by atoms with Crippen molar-refractivity contribution in [1.29, 1.82) is 0 Å². The zero-order valence-electron chi connectivity index (χ0n) is 11.4. The topological polar surface area (TPSA) is 24.1 Å². The Labute approximate surface area is 111 Å². The third-order valence-corrected chi connectivity index (χ3v) is 5.90. The molecule has 1 aliphatic heterocycles. The molecule has 1 aliphatic carbocycles. The highest BCUT2D eigenvalue weighted by Gasteiger charge is 2.44. The Balaban J connectivity index is 1.49. The normalized spacial score (nSPS) is 24.2. The van der Waals surface area contributed by atoms with E-state index in [0.717, 1.165) is 11.2 Å². The number of nitrogens with one attached hydrogen (secondary N) is 2. The van der Waals surface area contributed by atoms with Crippen molar-refractivity contribution < 1.29 is 0 Å². The highest BCUT2D eigenvalue weighted by Crippen LogP contribution is 2.51. The second kappa shape index (κ2) is 6.44. The number of piperidine rings is 1. The summed E-state index contributed by atoms with van der Waals surface area (Å²) in [6.45, 7) is 9.64. The maximum absolute atomic E-state index is 3.67. The van der Waals surface area contributed by atoms with Gasteiger partial charge in [-0.1, -0.05) is 13.8 Å². The molecule has 0 radical (unpaired) electrons. The van der Waals surface area contributed by atoms with E-state index in [0.29, 0.717) is 5.41 Å². The van der Waals surface area contributed by atoms with E-state index in [1.165, 1.54) is 57.6 Å². The summed E-state index contributed by atoms with van der Waals surface area (Å²) in [5.74, 6) is 2.14. The molecule has 17 heavy (non-hydrogen) atoms. The molecule has 0 bridgehead atoms. The van der Waals surface area contributed by atoms with Crippen molar-refractivity contribution in [3.8, 4) is 0 Å². The van der Waals surface area contributed by atoms with Crippen molar-refractivity contribution in [3.63, 3.8) is 0 Å².